The molecule has 19 heavy (non-hydrogen) atoms. The van der Waals surface area contributed by atoms with Gasteiger partial charge in [0.05, 0.1) is 6.10 Å². The van der Waals surface area contributed by atoms with Gasteiger partial charge in [0.2, 0.25) is 0 Å². The van der Waals surface area contributed by atoms with Crippen molar-refractivity contribution in [3.63, 3.8) is 0 Å². The lowest BCUT2D eigenvalue weighted by atomic mass is 9.87. The second-order valence-corrected chi connectivity index (χ2v) is 6.14. The van der Waals surface area contributed by atoms with Crippen LogP contribution in [-0.4, -0.2) is 18.8 Å². The first-order valence-electron chi connectivity index (χ1n) is 7.70. The number of rotatable bonds is 6. The summed E-state index contributed by atoms with van der Waals surface area (Å²) < 4.78 is 5.65. The van der Waals surface area contributed by atoms with Crippen LogP contribution >= 0.6 is 0 Å². The highest BCUT2D eigenvalue weighted by molar-refractivity contribution is 5.26. The van der Waals surface area contributed by atoms with Gasteiger partial charge in [0.25, 0.3) is 0 Å². The van der Waals surface area contributed by atoms with E-state index in [1.165, 1.54) is 36.8 Å². The summed E-state index contributed by atoms with van der Waals surface area (Å²) in [4.78, 5) is 0. The summed E-state index contributed by atoms with van der Waals surface area (Å²) in [6, 6.07) is 10.3. The van der Waals surface area contributed by atoms with Crippen molar-refractivity contribution in [2.75, 3.05) is 6.61 Å². The zero-order valence-corrected chi connectivity index (χ0v) is 12.1. The van der Waals surface area contributed by atoms with Gasteiger partial charge in [-0.05, 0) is 51.0 Å². The maximum absolute atomic E-state index is 5.65. The summed E-state index contributed by atoms with van der Waals surface area (Å²) in [5.74, 6) is 0.855. The molecule has 2 fully saturated rings. The van der Waals surface area contributed by atoms with E-state index < -0.39 is 0 Å². The van der Waals surface area contributed by atoms with Gasteiger partial charge in [-0.2, -0.15) is 0 Å². The molecule has 0 bridgehead atoms. The number of hydrogen-bond acceptors (Lipinski definition) is 2. The molecule has 0 aliphatic heterocycles. The number of nitrogens with one attached hydrogen (secondary N) is 1. The molecule has 1 aromatic rings. The van der Waals surface area contributed by atoms with Gasteiger partial charge in [-0.15, -0.1) is 0 Å². The molecule has 0 heterocycles. The maximum Gasteiger partial charge on any atom is 0.0604 e. The van der Waals surface area contributed by atoms with Crippen LogP contribution in [0.5, 0.6) is 0 Å². The molecule has 2 aliphatic carbocycles. The smallest absolute Gasteiger partial charge is 0.0604 e. The lowest BCUT2D eigenvalue weighted by Crippen LogP contribution is -2.47. The molecule has 0 aromatic heterocycles. The molecule has 1 unspecified atom stereocenters. The van der Waals surface area contributed by atoms with Crippen molar-refractivity contribution in [1.82, 2.24) is 5.32 Å². The molecule has 0 amide bonds. The van der Waals surface area contributed by atoms with E-state index >= 15 is 0 Å². The molecule has 104 valence electrons. The summed E-state index contributed by atoms with van der Waals surface area (Å²) in [5.41, 5.74) is 2.81. The van der Waals surface area contributed by atoms with Crippen molar-refractivity contribution in [3.05, 3.63) is 35.4 Å². The Morgan fingerprint density at radius 3 is 2.47 bits per heavy atom. The summed E-state index contributed by atoms with van der Waals surface area (Å²) in [7, 11) is 0. The lowest BCUT2D eigenvalue weighted by Gasteiger charge is -2.38. The highest BCUT2D eigenvalue weighted by Crippen LogP contribution is 2.42. The van der Waals surface area contributed by atoms with Gasteiger partial charge < -0.3 is 10.1 Å². The van der Waals surface area contributed by atoms with Gasteiger partial charge >= 0.3 is 0 Å². The van der Waals surface area contributed by atoms with Gasteiger partial charge in [-0.25, -0.2) is 0 Å². The van der Waals surface area contributed by atoms with Crippen LogP contribution in [0.25, 0.3) is 0 Å². The molecule has 1 N–H and O–H groups in total. The molecule has 2 heteroatoms. The zero-order valence-electron chi connectivity index (χ0n) is 12.1. The fourth-order valence-corrected chi connectivity index (χ4v) is 3.04. The third kappa shape index (κ3) is 3.18. The van der Waals surface area contributed by atoms with Crippen LogP contribution in [0, 0.1) is 12.8 Å². The first-order valence-corrected chi connectivity index (χ1v) is 7.70. The third-order valence-corrected chi connectivity index (χ3v) is 4.44. The van der Waals surface area contributed by atoms with Gasteiger partial charge in [0.1, 0.15) is 0 Å². The lowest BCUT2D eigenvalue weighted by molar-refractivity contribution is -0.0131. The van der Waals surface area contributed by atoms with E-state index in [0.717, 1.165) is 12.5 Å². The highest BCUT2D eigenvalue weighted by Gasteiger charge is 2.37. The Morgan fingerprint density at radius 2 is 1.89 bits per heavy atom. The first kappa shape index (κ1) is 13.1. The topological polar surface area (TPSA) is 21.3 Å². The molecule has 0 spiro atoms. The summed E-state index contributed by atoms with van der Waals surface area (Å²) in [5, 5.41) is 3.86. The van der Waals surface area contributed by atoms with E-state index in [0.29, 0.717) is 18.2 Å². The molecule has 0 saturated heterocycles. The van der Waals surface area contributed by atoms with Gasteiger partial charge in [-0.3, -0.25) is 0 Å². The highest BCUT2D eigenvalue weighted by atomic mass is 16.5. The fraction of sp³-hybridized carbons (Fsp3) is 0.647. The van der Waals surface area contributed by atoms with Gasteiger partial charge in [0, 0.05) is 18.7 Å². The first-order chi connectivity index (χ1) is 9.26. The van der Waals surface area contributed by atoms with Crippen LogP contribution in [0.1, 0.15) is 49.8 Å². The second kappa shape index (κ2) is 5.64. The van der Waals surface area contributed by atoms with Crippen molar-refractivity contribution in [3.8, 4) is 0 Å². The molecule has 2 nitrogen and oxygen atoms in total. The average molecular weight is 259 g/mol. The van der Waals surface area contributed by atoms with E-state index in [-0.39, 0.29) is 0 Å². The number of ether oxygens (including phenoxy) is 1. The fourth-order valence-electron chi connectivity index (χ4n) is 3.04. The van der Waals surface area contributed by atoms with Crippen LogP contribution in [0.4, 0.5) is 0 Å². The van der Waals surface area contributed by atoms with E-state index in [2.05, 4.69) is 43.4 Å². The molecular weight excluding hydrogens is 234 g/mol. The Labute approximate surface area is 116 Å². The Hall–Kier alpha value is -0.860. The number of benzene rings is 1. The second-order valence-electron chi connectivity index (χ2n) is 6.14. The predicted molar refractivity (Wildman–Crippen MR) is 78.2 cm³/mol. The van der Waals surface area contributed by atoms with E-state index in [1.807, 2.05) is 0 Å². The molecule has 3 rings (SSSR count). The maximum atomic E-state index is 5.65. The molecule has 0 radical (unpaired) electrons. The minimum Gasteiger partial charge on any atom is -0.378 e. The largest absolute Gasteiger partial charge is 0.378 e. The van der Waals surface area contributed by atoms with E-state index in [9.17, 15) is 0 Å². The van der Waals surface area contributed by atoms with Crippen LogP contribution in [0.15, 0.2) is 24.3 Å². The number of hydrogen-bond donors (Lipinski definition) is 1. The normalized spacial score (nSPS) is 27.9. The number of aryl methyl sites for hydroxylation is 1. The van der Waals surface area contributed by atoms with Crippen molar-refractivity contribution in [2.24, 2.45) is 5.92 Å². The quantitative estimate of drug-likeness (QED) is 0.842. The van der Waals surface area contributed by atoms with Crippen LogP contribution in [0.2, 0.25) is 0 Å². The van der Waals surface area contributed by atoms with Crippen LogP contribution in [-0.2, 0) is 4.74 Å². The third-order valence-electron chi connectivity index (χ3n) is 4.44. The summed E-state index contributed by atoms with van der Waals surface area (Å²) >= 11 is 0. The monoisotopic (exact) mass is 259 g/mol. The van der Waals surface area contributed by atoms with Crippen LogP contribution < -0.4 is 5.32 Å². The van der Waals surface area contributed by atoms with Gasteiger partial charge in [-0.1, -0.05) is 29.8 Å². The van der Waals surface area contributed by atoms with E-state index in [1.54, 1.807) is 0 Å². The Morgan fingerprint density at radius 1 is 1.21 bits per heavy atom. The minimum absolute atomic E-state index is 0.500. The van der Waals surface area contributed by atoms with Crippen molar-refractivity contribution in [1.29, 1.82) is 0 Å². The summed E-state index contributed by atoms with van der Waals surface area (Å²) in [6.07, 6.45) is 5.63. The van der Waals surface area contributed by atoms with Crippen molar-refractivity contribution >= 4 is 0 Å². The van der Waals surface area contributed by atoms with Gasteiger partial charge in [0.15, 0.2) is 0 Å². The molecular formula is C17H25NO. The SMILES string of the molecule is CCOC1CC(NC(c2ccc(C)cc2)C2CC2)C1. The molecule has 2 aliphatic rings. The predicted octanol–water partition coefficient (Wildman–Crippen LogP) is 3.60. The van der Waals surface area contributed by atoms with E-state index in [4.69, 9.17) is 4.74 Å². The van der Waals surface area contributed by atoms with Crippen molar-refractivity contribution < 1.29 is 4.74 Å². The molecule has 1 atom stereocenters. The van der Waals surface area contributed by atoms with Crippen molar-refractivity contribution in [2.45, 2.75) is 57.7 Å². The van der Waals surface area contributed by atoms with Crippen LogP contribution in [0.3, 0.4) is 0 Å². The molecule has 2 saturated carbocycles. The minimum atomic E-state index is 0.500. The Kier molecular flexibility index (Phi) is 3.90. The summed E-state index contributed by atoms with van der Waals surface area (Å²) in [6.45, 7) is 5.09. The zero-order chi connectivity index (χ0) is 13.2. The Bertz CT molecular complexity index is 404. The standard InChI is InChI=1S/C17H25NO/c1-3-19-16-10-15(11-16)18-17(14-8-9-14)13-6-4-12(2)5-7-13/h4-7,14-18H,3,8-11H2,1-2H3. The average Bonchev–Trinajstić information content (AvgIpc) is 3.18. The Balaban J connectivity index is 1.58. The molecule has 1 aromatic carbocycles.